The fraction of sp³-hybridized carbons (Fsp3) is 0. The van der Waals surface area contributed by atoms with E-state index in [-0.39, 0.29) is 117 Å². The molecule has 30 heavy (non-hydrogen) atoms. The number of halogens is 6. The van der Waals surface area contributed by atoms with Gasteiger partial charge in [0, 0.05) is 0 Å². The molecule has 0 unspecified atom stereocenters. The molecule has 144 valence electrons. The van der Waals surface area contributed by atoms with E-state index in [9.17, 15) is 25.9 Å². The van der Waals surface area contributed by atoms with Gasteiger partial charge in [-0.2, -0.15) is 0 Å². The summed E-state index contributed by atoms with van der Waals surface area (Å²) in [6.07, 6.45) is 0. The van der Waals surface area contributed by atoms with Crippen LogP contribution in [0, 0.1) is 0 Å². The number of hydrogen-bond acceptors (Lipinski definition) is 12. The van der Waals surface area contributed by atoms with E-state index >= 15 is 0 Å². The van der Waals surface area contributed by atoms with Crippen LogP contribution in [0.15, 0.2) is 0 Å². The summed E-state index contributed by atoms with van der Waals surface area (Å²) >= 11 is 0. The molecule has 0 aromatic rings. The summed E-state index contributed by atoms with van der Waals surface area (Å²) in [4.78, 5) is 0. The van der Waals surface area contributed by atoms with Crippen molar-refractivity contribution in [2.24, 2.45) is 0 Å². The first-order valence-corrected chi connectivity index (χ1v) is 4.14. The second-order valence-corrected chi connectivity index (χ2v) is 1.65. The molecule has 0 aliphatic heterocycles. The Hall–Kier alpha value is 3.23. The van der Waals surface area contributed by atoms with E-state index in [1.54, 1.807) is 0 Å². The van der Waals surface area contributed by atoms with E-state index in [2.05, 4.69) is 0 Å². The van der Waals surface area contributed by atoms with Gasteiger partial charge in [-0.15, -0.1) is 0 Å². The zero-order valence-corrected chi connectivity index (χ0v) is 32.7. The quantitative estimate of drug-likeness (QED) is 0.164. The van der Waals surface area contributed by atoms with Crippen LogP contribution in [0.1, 0.15) is 0 Å². The smallest absolute Gasteiger partial charge is 0.867 e. The first-order chi connectivity index (χ1) is 10.4. The molecule has 0 N–H and O–H groups in total. The fourth-order valence-corrected chi connectivity index (χ4v) is 0. The van der Waals surface area contributed by atoms with Gasteiger partial charge in [0.15, 0.2) is 0 Å². The van der Waals surface area contributed by atoms with Gasteiger partial charge >= 0.3 is 117 Å². The summed E-state index contributed by atoms with van der Waals surface area (Å²) < 4.78 is 59.3. The van der Waals surface area contributed by atoms with Crippen LogP contribution < -0.4 is 60.3 Å². The Kier molecular flexibility index (Phi) is 178. The van der Waals surface area contributed by atoms with E-state index in [4.69, 9.17) is 60.3 Å². The van der Waals surface area contributed by atoms with Crippen LogP contribution in [-0.2, 0) is 117 Å². The van der Waals surface area contributed by atoms with E-state index in [0.29, 0.717) is 0 Å². The minimum absolute atomic E-state index is 0. The van der Waals surface area contributed by atoms with Crippen molar-refractivity contribution in [3.63, 3.8) is 0 Å². The van der Waals surface area contributed by atoms with E-state index in [1.165, 1.54) is 0 Å². The Bertz CT molecular complexity index is 133. The Balaban J connectivity index is -0.0000000125. The maximum absolute atomic E-state index is 9.89. The van der Waals surface area contributed by atoms with Crippen molar-refractivity contribution in [1.82, 2.24) is 0 Å². The van der Waals surface area contributed by atoms with Crippen molar-refractivity contribution >= 4 is 44.4 Å². The molecule has 0 aromatic heterocycles. The van der Waals surface area contributed by atoms with E-state index < -0.39 is 44.4 Å². The van der Waals surface area contributed by atoms with Gasteiger partial charge in [0.2, 0.25) is 0 Å². The summed E-state index contributed by atoms with van der Waals surface area (Å²) in [5.74, 6) is 0. The van der Waals surface area contributed by atoms with Crippen molar-refractivity contribution in [2.45, 2.75) is 0 Å². The summed E-state index contributed by atoms with van der Waals surface area (Å²) in [5, 5.41) is 99.7. The molecule has 0 aliphatic carbocycles. The average Bonchev–Trinajstić information content (AvgIpc) is 2.08. The molecule has 0 amide bonds. The predicted molar refractivity (Wildman–Crippen MR) is 41.2 cm³/mol. The van der Waals surface area contributed by atoms with Crippen LogP contribution in [-0.4, -0.2) is 44.4 Å². The molecular weight excluding hydrogens is 763 g/mol. The summed E-state index contributed by atoms with van der Waals surface area (Å²) in [7, 11) is -19.0. The van der Waals surface area contributed by atoms with Crippen LogP contribution in [0.3, 0.4) is 0 Å². The fourth-order valence-electron chi connectivity index (χ4n) is 0. The minimum atomic E-state index is -3.17. The maximum atomic E-state index is 9.89. The SMILES string of the molecule is [O-]B([O-])F.[O-]B([O-])F.[O-]B([O-])F.[O-]B([O-])F.[O-]B([O-])F.[O-]B([O-])F.[Zn+2].[Zn+2].[Zn+2].[Zn+2].[Zn+2].[Zn+2]. The van der Waals surface area contributed by atoms with Gasteiger partial charge in [-0.1, -0.05) is 0 Å². The molecule has 0 rings (SSSR count). The monoisotopic (exact) mass is 756 g/mol. The normalized spacial score (nSPS) is 5.40. The number of hydrogen-bond donors (Lipinski definition) is 0. The molecule has 0 saturated heterocycles. The third-order valence-corrected chi connectivity index (χ3v) is 0. The van der Waals surface area contributed by atoms with Crippen molar-refractivity contribution in [2.75, 3.05) is 0 Å². The molecule has 0 saturated carbocycles. The van der Waals surface area contributed by atoms with Crippen molar-refractivity contribution < 1.29 is 203 Å². The Morgan fingerprint density at radius 3 is 0.233 bits per heavy atom. The summed E-state index contributed by atoms with van der Waals surface area (Å²) in [5.41, 5.74) is 0. The Morgan fingerprint density at radius 2 is 0.233 bits per heavy atom. The molecule has 0 atom stereocenters. The second kappa shape index (κ2) is 69.7. The van der Waals surface area contributed by atoms with Gasteiger partial charge in [0.05, 0.1) is 0 Å². The standard InChI is InChI=1S/6BFO2.6Zn/c6*2-1(3)4;;;;;;/q6*-2;6*+2. The van der Waals surface area contributed by atoms with E-state index in [0.717, 1.165) is 0 Å². The summed E-state index contributed by atoms with van der Waals surface area (Å²) in [6, 6.07) is 0. The molecule has 0 spiro atoms. The van der Waals surface area contributed by atoms with Gasteiger partial charge in [-0.3, -0.25) is 0 Å². The first-order valence-electron chi connectivity index (χ1n) is 4.14. The van der Waals surface area contributed by atoms with Gasteiger partial charge < -0.3 is 86.2 Å². The Morgan fingerprint density at radius 1 is 0.233 bits per heavy atom. The molecule has 0 aromatic carbocycles. The van der Waals surface area contributed by atoms with Gasteiger partial charge in [0.25, 0.3) is 0 Å². The molecule has 0 fully saturated rings. The maximum Gasteiger partial charge on any atom is 2.00 e. The second-order valence-electron chi connectivity index (χ2n) is 1.65. The van der Waals surface area contributed by atoms with Crippen LogP contribution in [0.5, 0.6) is 0 Å². The van der Waals surface area contributed by atoms with Gasteiger partial charge in [-0.05, 0) is 0 Å². The minimum Gasteiger partial charge on any atom is -0.867 e. The number of rotatable bonds is 0. The van der Waals surface area contributed by atoms with E-state index in [1.807, 2.05) is 0 Å². The third kappa shape index (κ3) is 2740. The molecule has 0 bridgehead atoms. The average molecular weight is 763 g/mol. The summed E-state index contributed by atoms with van der Waals surface area (Å²) in [6.45, 7) is 0. The van der Waals surface area contributed by atoms with Crippen molar-refractivity contribution in [3.8, 4) is 0 Å². The molecule has 30 heteroatoms. The van der Waals surface area contributed by atoms with Crippen LogP contribution in [0.2, 0.25) is 0 Å². The van der Waals surface area contributed by atoms with Gasteiger partial charge in [0.1, 0.15) is 44.4 Å². The molecule has 0 aliphatic rings. The van der Waals surface area contributed by atoms with Crippen LogP contribution in [0.4, 0.5) is 25.9 Å². The molecule has 12 nitrogen and oxygen atoms in total. The molecule has 0 heterocycles. The first kappa shape index (κ1) is 76.6. The zero-order valence-electron chi connectivity index (χ0n) is 14.9. The third-order valence-electron chi connectivity index (χ3n) is 0. The van der Waals surface area contributed by atoms with Crippen LogP contribution >= 0.6 is 0 Å². The van der Waals surface area contributed by atoms with Crippen molar-refractivity contribution in [3.05, 3.63) is 0 Å². The largest absolute Gasteiger partial charge is 2.00 e. The topological polar surface area (TPSA) is 277 Å². The predicted octanol–water partition coefficient (Wildman–Crippen LogP) is -14.0. The molecular formula is B6F6O12Zn6. The van der Waals surface area contributed by atoms with Gasteiger partial charge in [-0.25, -0.2) is 0 Å². The Labute approximate surface area is 245 Å². The zero-order chi connectivity index (χ0) is 21.5. The molecule has 0 radical (unpaired) electrons. The van der Waals surface area contributed by atoms with Crippen molar-refractivity contribution in [1.29, 1.82) is 0 Å². The van der Waals surface area contributed by atoms with Crippen LogP contribution in [0.25, 0.3) is 0 Å².